The number of amides is 3. The molecule has 1 aromatic carbocycles. The molecule has 0 fully saturated rings. The number of benzene rings is 1. The minimum atomic E-state index is -1.08. The number of urea groups is 1. The standard InChI is InChI=1S/C17H23ClN2O4S/c1-10(14(21)19-16(23)20-17(3,4)5)24-15(22)11(2)25-13-8-6-12(18)7-9-13/h6-11H,1-5H3,(H2,19,20,21,23)/t10-,11+/m1/s1. The van der Waals surface area contributed by atoms with Crippen LogP contribution in [0.1, 0.15) is 34.6 Å². The summed E-state index contributed by atoms with van der Waals surface area (Å²) in [5, 5.41) is 4.84. The average Bonchev–Trinajstić information content (AvgIpc) is 2.47. The van der Waals surface area contributed by atoms with Gasteiger partial charge in [0, 0.05) is 15.5 Å². The summed E-state index contributed by atoms with van der Waals surface area (Å²) >= 11 is 7.11. The molecule has 0 aliphatic carbocycles. The molecule has 0 unspecified atom stereocenters. The molecule has 3 amide bonds. The third kappa shape index (κ3) is 8.27. The molecule has 0 bridgehead atoms. The molecule has 8 heteroatoms. The number of thioether (sulfide) groups is 1. The first kappa shape index (κ1) is 21.3. The quantitative estimate of drug-likeness (QED) is 0.598. The Morgan fingerprint density at radius 2 is 1.68 bits per heavy atom. The molecular weight excluding hydrogens is 364 g/mol. The second-order valence-electron chi connectivity index (χ2n) is 6.49. The van der Waals surface area contributed by atoms with E-state index in [-0.39, 0.29) is 0 Å². The minimum Gasteiger partial charge on any atom is -0.452 e. The van der Waals surface area contributed by atoms with E-state index in [1.807, 2.05) is 0 Å². The van der Waals surface area contributed by atoms with Gasteiger partial charge in [-0.1, -0.05) is 11.6 Å². The fraction of sp³-hybridized carbons (Fsp3) is 0.471. The van der Waals surface area contributed by atoms with Gasteiger partial charge in [-0.05, 0) is 58.9 Å². The Balaban J connectivity index is 2.50. The Kier molecular flexibility index (Phi) is 7.76. The van der Waals surface area contributed by atoms with E-state index in [2.05, 4.69) is 10.6 Å². The van der Waals surface area contributed by atoms with Crippen molar-refractivity contribution in [3.05, 3.63) is 29.3 Å². The Morgan fingerprint density at radius 3 is 2.20 bits per heavy atom. The van der Waals surface area contributed by atoms with E-state index < -0.39 is 34.8 Å². The Bertz CT molecular complexity index is 629. The lowest BCUT2D eigenvalue weighted by molar-refractivity contribution is -0.153. The van der Waals surface area contributed by atoms with Crippen molar-refractivity contribution in [1.82, 2.24) is 10.6 Å². The molecule has 1 rings (SSSR count). The van der Waals surface area contributed by atoms with Gasteiger partial charge in [0.2, 0.25) is 0 Å². The highest BCUT2D eigenvalue weighted by Gasteiger charge is 2.25. The number of carbonyl (C=O) groups excluding carboxylic acids is 3. The van der Waals surface area contributed by atoms with Gasteiger partial charge in [0.05, 0.1) is 0 Å². The van der Waals surface area contributed by atoms with Crippen molar-refractivity contribution in [1.29, 1.82) is 0 Å². The highest BCUT2D eigenvalue weighted by molar-refractivity contribution is 8.00. The van der Waals surface area contributed by atoms with Crippen molar-refractivity contribution < 1.29 is 19.1 Å². The van der Waals surface area contributed by atoms with Crippen molar-refractivity contribution in [2.75, 3.05) is 0 Å². The van der Waals surface area contributed by atoms with Crippen LogP contribution in [0.3, 0.4) is 0 Å². The van der Waals surface area contributed by atoms with Gasteiger partial charge in [0.1, 0.15) is 5.25 Å². The fourth-order valence-electron chi connectivity index (χ4n) is 1.67. The van der Waals surface area contributed by atoms with E-state index in [1.165, 1.54) is 18.7 Å². The smallest absolute Gasteiger partial charge is 0.321 e. The van der Waals surface area contributed by atoms with Crippen LogP contribution >= 0.6 is 23.4 Å². The van der Waals surface area contributed by atoms with Crippen LogP contribution < -0.4 is 10.6 Å². The molecule has 1 aromatic rings. The molecule has 25 heavy (non-hydrogen) atoms. The SMILES string of the molecule is C[C@H](Sc1ccc(Cl)cc1)C(=O)O[C@H](C)C(=O)NC(=O)NC(C)(C)C. The number of halogens is 1. The number of hydrogen-bond donors (Lipinski definition) is 2. The summed E-state index contributed by atoms with van der Waals surface area (Å²) in [7, 11) is 0. The molecule has 0 aliphatic heterocycles. The molecule has 138 valence electrons. The molecule has 0 saturated carbocycles. The summed E-state index contributed by atoms with van der Waals surface area (Å²) in [6, 6.07) is 6.41. The van der Waals surface area contributed by atoms with Crippen LogP contribution in [0, 0.1) is 0 Å². The lowest BCUT2D eigenvalue weighted by atomic mass is 10.1. The maximum absolute atomic E-state index is 12.1. The minimum absolute atomic E-state index is 0.478. The summed E-state index contributed by atoms with van der Waals surface area (Å²) < 4.78 is 5.12. The number of rotatable bonds is 5. The normalized spacial score (nSPS) is 13.5. The molecular formula is C17H23ClN2O4S. The van der Waals surface area contributed by atoms with Crippen molar-refractivity contribution >= 4 is 41.3 Å². The van der Waals surface area contributed by atoms with Crippen LogP contribution in [0.4, 0.5) is 4.79 Å². The third-order valence-electron chi connectivity index (χ3n) is 2.85. The largest absolute Gasteiger partial charge is 0.452 e. The predicted octanol–water partition coefficient (Wildman–Crippen LogP) is 3.38. The zero-order valence-corrected chi connectivity index (χ0v) is 16.5. The summed E-state index contributed by atoms with van der Waals surface area (Å²) in [6.07, 6.45) is -1.08. The number of nitrogens with one attached hydrogen (secondary N) is 2. The van der Waals surface area contributed by atoms with Crippen molar-refractivity contribution in [2.24, 2.45) is 0 Å². The van der Waals surface area contributed by atoms with Gasteiger partial charge < -0.3 is 10.1 Å². The highest BCUT2D eigenvalue weighted by Crippen LogP contribution is 2.25. The van der Waals surface area contributed by atoms with Crippen LogP contribution in [0.2, 0.25) is 5.02 Å². The molecule has 6 nitrogen and oxygen atoms in total. The monoisotopic (exact) mass is 386 g/mol. The zero-order chi connectivity index (χ0) is 19.2. The molecule has 0 aliphatic rings. The number of hydrogen-bond acceptors (Lipinski definition) is 5. The van der Waals surface area contributed by atoms with Crippen LogP contribution in [0.25, 0.3) is 0 Å². The van der Waals surface area contributed by atoms with E-state index in [9.17, 15) is 14.4 Å². The van der Waals surface area contributed by atoms with E-state index in [4.69, 9.17) is 16.3 Å². The van der Waals surface area contributed by atoms with Crippen LogP contribution in [0.15, 0.2) is 29.2 Å². The second kappa shape index (κ2) is 9.10. The van der Waals surface area contributed by atoms with Gasteiger partial charge in [-0.3, -0.25) is 14.9 Å². The lowest BCUT2D eigenvalue weighted by Gasteiger charge is -2.21. The fourth-order valence-corrected chi connectivity index (χ4v) is 2.65. The number of imide groups is 1. The van der Waals surface area contributed by atoms with Gasteiger partial charge >= 0.3 is 12.0 Å². The van der Waals surface area contributed by atoms with E-state index in [0.29, 0.717) is 5.02 Å². The van der Waals surface area contributed by atoms with Gasteiger partial charge in [0.15, 0.2) is 6.10 Å². The first-order valence-electron chi connectivity index (χ1n) is 7.73. The molecule has 2 N–H and O–H groups in total. The van der Waals surface area contributed by atoms with Gasteiger partial charge in [-0.2, -0.15) is 0 Å². The Hall–Kier alpha value is -1.73. The second-order valence-corrected chi connectivity index (χ2v) is 8.34. The Labute approximate surface area is 157 Å². The average molecular weight is 387 g/mol. The molecule has 2 atom stereocenters. The van der Waals surface area contributed by atoms with Crippen molar-refractivity contribution in [3.63, 3.8) is 0 Å². The summed E-state index contributed by atoms with van der Waals surface area (Å²) in [4.78, 5) is 36.5. The molecule has 0 heterocycles. The number of ether oxygens (including phenoxy) is 1. The lowest BCUT2D eigenvalue weighted by Crippen LogP contribution is -2.50. The summed E-state index contributed by atoms with van der Waals surface area (Å²) in [6.45, 7) is 8.46. The first-order chi connectivity index (χ1) is 11.5. The van der Waals surface area contributed by atoms with Crippen LogP contribution in [0.5, 0.6) is 0 Å². The van der Waals surface area contributed by atoms with E-state index in [1.54, 1.807) is 52.0 Å². The third-order valence-corrected chi connectivity index (χ3v) is 4.19. The summed E-state index contributed by atoms with van der Waals surface area (Å²) in [5.41, 5.74) is -0.478. The maximum Gasteiger partial charge on any atom is 0.321 e. The van der Waals surface area contributed by atoms with Crippen LogP contribution in [-0.2, 0) is 14.3 Å². The van der Waals surface area contributed by atoms with Crippen molar-refractivity contribution in [3.8, 4) is 0 Å². The summed E-state index contributed by atoms with van der Waals surface area (Å²) in [5.74, 6) is -1.22. The molecule has 0 saturated heterocycles. The molecule has 0 spiro atoms. The predicted molar refractivity (Wildman–Crippen MR) is 98.8 cm³/mol. The van der Waals surface area contributed by atoms with Gasteiger partial charge in [0.25, 0.3) is 5.91 Å². The zero-order valence-electron chi connectivity index (χ0n) is 14.9. The molecule has 0 radical (unpaired) electrons. The Morgan fingerprint density at radius 1 is 1.12 bits per heavy atom. The van der Waals surface area contributed by atoms with E-state index >= 15 is 0 Å². The number of carbonyl (C=O) groups is 3. The molecule has 0 aromatic heterocycles. The number of esters is 1. The van der Waals surface area contributed by atoms with E-state index in [0.717, 1.165) is 4.90 Å². The van der Waals surface area contributed by atoms with Crippen LogP contribution in [-0.4, -0.2) is 34.8 Å². The highest BCUT2D eigenvalue weighted by atomic mass is 35.5. The maximum atomic E-state index is 12.1. The van der Waals surface area contributed by atoms with Crippen molar-refractivity contribution in [2.45, 2.75) is 56.4 Å². The van der Waals surface area contributed by atoms with Gasteiger partial charge in [-0.25, -0.2) is 4.79 Å². The topological polar surface area (TPSA) is 84.5 Å². The first-order valence-corrected chi connectivity index (χ1v) is 8.99. The van der Waals surface area contributed by atoms with Gasteiger partial charge in [-0.15, -0.1) is 11.8 Å².